The van der Waals surface area contributed by atoms with Crippen molar-refractivity contribution in [2.24, 2.45) is 27.2 Å². The average molecular weight is 283 g/mol. The fraction of sp³-hybridized carbons (Fsp3) is 0.182. The van der Waals surface area contributed by atoms with Crippen molar-refractivity contribution in [3.8, 4) is 5.75 Å². The number of esters is 1. The Hall–Kier alpha value is -2.84. The lowest BCUT2D eigenvalue weighted by Crippen LogP contribution is -2.26. The van der Waals surface area contributed by atoms with Gasteiger partial charge in [-0.15, -0.1) is 0 Å². The summed E-state index contributed by atoms with van der Waals surface area (Å²) in [5.41, 5.74) is 15.6. The van der Waals surface area contributed by atoms with E-state index in [1.807, 2.05) is 0 Å². The zero-order chi connectivity index (χ0) is 15.3. The molecule has 0 atom stereocenters. The van der Waals surface area contributed by atoms with Gasteiger partial charge < -0.3 is 26.7 Å². The first-order chi connectivity index (χ1) is 9.38. The van der Waals surface area contributed by atoms with Gasteiger partial charge in [0.1, 0.15) is 17.3 Å². The van der Waals surface area contributed by atoms with Crippen molar-refractivity contribution < 1.29 is 18.7 Å². The van der Waals surface area contributed by atoms with Crippen LogP contribution in [-0.2, 0) is 4.74 Å². The summed E-state index contributed by atoms with van der Waals surface area (Å²) in [4.78, 5) is 18.9. The molecule has 0 heterocycles. The summed E-state index contributed by atoms with van der Waals surface area (Å²) in [6.45, 7) is 0. The molecule has 6 N–H and O–H groups in total. The number of methoxy groups -OCH3 is 2. The molecule has 0 fully saturated rings. The molecule has 0 radical (unpaired) electrons. The van der Waals surface area contributed by atoms with Crippen LogP contribution in [0.15, 0.2) is 22.1 Å². The lowest BCUT2D eigenvalue weighted by molar-refractivity contribution is 0.0601. The number of rotatable bonds is 3. The average Bonchev–Trinajstić information content (AvgIpc) is 2.38. The molecule has 0 saturated heterocycles. The molecule has 0 aliphatic rings. The summed E-state index contributed by atoms with van der Waals surface area (Å²) >= 11 is 0. The molecule has 1 aromatic rings. The van der Waals surface area contributed by atoms with Gasteiger partial charge in [0.25, 0.3) is 0 Å². The second-order valence-electron chi connectivity index (χ2n) is 3.50. The van der Waals surface area contributed by atoms with E-state index >= 15 is 0 Å². The number of halogens is 1. The summed E-state index contributed by atoms with van der Waals surface area (Å²) in [5.74, 6) is -2.15. The van der Waals surface area contributed by atoms with E-state index in [0.29, 0.717) is 0 Å². The van der Waals surface area contributed by atoms with Crippen LogP contribution in [0.3, 0.4) is 0 Å². The van der Waals surface area contributed by atoms with Crippen LogP contribution in [0.4, 0.5) is 10.1 Å². The fourth-order valence-electron chi connectivity index (χ4n) is 1.38. The lowest BCUT2D eigenvalue weighted by Gasteiger charge is -2.09. The fourth-order valence-corrected chi connectivity index (χ4v) is 1.38. The van der Waals surface area contributed by atoms with Crippen LogP contribution in [0.5, 0.6) is 5.75 Å². The van der Waals surface area contributed by atoms with Crippen LogP contribution in [0.2, 0.25) is 0 Å². The Morgan fingerprint density at radius 1 is 1.25 bits per heavy atom. The Kier molecular flexibility index (Phi) is 4.84. The number of nitrogens with two attached hydrogens (primary N) is 3. The van der Waals surface area contributed by atoms with Crippen LogP contribution < -0.4 is 21.9 Å². The molecule has 0 spiro atoms. The van der Waals surface area contributed by atoms with Gasteiger partial charge in [-0.1, -0.05) is 0 Å². The minimum absolute atomic E-state index is 0.0147. The van der Waals surface area contributed by atoms with Gasteiger partial charge in [0, 0.05) is 6.07 Å². The molecule has 0 aliphatic heterocycles. The minimum Gasteiger partial charge on any atom is -0.494 e. The molecule has 0 amide bonds. The van der Waals surface area contributed by atoms with Crippen LogP contribution in [-0.4, -0.2) is 32.1 Å². The van der Waals surface area contributed by atoms with E-state index in [1.165, 1.54) is 7.11 Å². The van der Waals surface area contributed by atoms with E-state index in [9.17, 15) is 9.18 Å². The number of carbonyl (C=O) groups excluding carboxylic acids is 1. The highest BCUT2D eigenvalue weighted by molar-refractivity contribution is 5.99. The van der Waals surface area contributed by atoms with E-state index < -0.39 is 11.8 Å². The van der Waals surface area contributed by atoms with Crippen molar-refractivity contribution in [3.05, 3.63) is 23.5 Å². The highest BCUT2D eigenvalue weighted by Gasteiger charge is 2.18. The first-order valence-corrected chi connectivity index (χ1v) is 5.28. The molecule has 0 aromatic heterocycles. The zero-order valence-corrected chi connectivity index (χ0v) is 10.9. The largest absolute Gasteiger partial charge is 0.494 e. The maximum Gasteiger partial charge on any atom is 0.340 e. The maximum absolute atomic E-state index is 13.4. The number of carbonyl (C=O) groups is 1. The second-order valence-corrected chi connectivity index (χ2v) is 3.50. The third-order valence-electron chi connectivity index (χ3n) is 2.13. The number of aliphatic imine (C=N–C) groups is 2. The Morgan fingerprint density at radius 2 is 1.90 bits per heavy atom. The first-order valence-electron chi connectivity index (χ1n) is 5.28. The highest BCUT2D eigenvalue weighted by atomic mass is 19.1. The molecule has 1 aromatic carbocycles. The summed E-state index contributed by atoms with van der Waals surface area (Å²) in [5, 5.41) is 0. The topological polar surface area (TPSA) is 138 Å². The summed E-state index contributed by atoms with van der Waals surface area (Å²) in [7, 11) is 2.43. The first kappa shape index (κ1) is 15.2. The number of ether oxygens (including phenoxy) is 2. The molecule has 0 unspecified atom stereocenters. The summed E-state index contributed by atoms with van der Waals surface area (Å²) in [6, 6.07) is 1.98. The Morgan fingerprint density at radius 3 is 2.40 bits per heavy atom. The van der Waals surface area contributed by atoms with Crippen molar-refractivity contribution >= 4 is 23.6 Å². The van der Waals surface area contributed by atoms with Gasteiger partial charge >= 0.3 is 5.97 Å². The molecular weight excluding hydrogens is 269 g/mol. The predicted octanol–water partition coefficient (Wildman–Crippen LogP) is -0.159. The van der Waals surface area contributed by atoms with Crippen LogP contribution in [0, 0.1) is 5.82 Å². The third-order valence-corrected chi connectivity index (χ3v) is 2.13. The molecule has 9 heteroatoms. The molecule has 0 saturated carbocycles. The zero-order valence-electron chi connectivity index (χ0n) is 10.9. The van der Waals surface area contributed by atoms with Gasteiger partial charge in [0.2, 0.25) is 5.96 Å². The Labute approximate surface area is 114 Å². The van der Waals surface area contributed by atoms with E-state index in [4.69, 9.17) is 21.9 Å². The predicted molar refractivity (Wildman–Crippen MR) is 71.4 cm³/mol. The summed E-state index contributed by atoms with van der Waals surface area (Å²) < 4.78 is 22.9. The van der Waals surface area contributed by atoms with Gasteiger partial charge in [0.15, 0.2) is 5.96 Å². The van der Waals surface area contributed by atoms with E-state index in [1.54, 1.807) is 0 Å². The van der Waals surface area contributed by atoms with E-state index in [0.717, 1.165) is 19.2 Å². The third kappa shape index (κ3) is 3.57. The van der Waals surface area contributed by atoms with Gasteiger partial charge in [-0.3, -0.25) is 0 Å². The van der Waals surface area contributed by atoms with Crippen molar-refractivity contribution in [1.82, 2.24) is 0 Å². The van der Waals surface area contributed by atoms with Crippen molar-refractivity contribution in [2.45, 2.75) is 0 Å². The Balaban J connectivity index is 3.49. The normalized spacial score (nSPS) is 10.8. The van der Waals surface area contributed by atoms with Crippen LogP contribution in [0.25, 0.3) is 0 Å². The van der Waals surface area contributed by atoms with E-state index in [-0.39, 0.29) is 28.9 Å². The van der Waals surface area contributed by atoms with Crippen LogP contribution in [0.1, 0.15) is 10.4 Å². The van der Waals surface area contributed by atoms with Gasteiger partial charge in [-0.05, 0) is 6.07 Å². The SMILES string of the molecule is COC(=O)c1cc(F)cc(OC)c1N=C(N)N=C(N)N. The van der Waals surface area contributed by atoms with E-state index in [2.05, 4.69) is 14.7 Å². The maximum atomic E-state index is 13.4. The molecule has 8 nitrogen and oxygen atoms in total. The number of hydrogen-bond donors (Lipinski definition) is 3. The van der Waals surface area contributed by atoms with Gasteiger partial charge in [0.05, 0.1) is 19.8 Å². The minimum atomic E-state index is -0.806. The highest BCUT2D eigenvalue weighted by Crippen LogP contribution is 2.33. The number of guanidine groups is 2. The number of hydrogen-bond acceptors (Lipinski definition) is 4. The number of nitrogens with zero attached hydrogens (tertiary/aromatic N) is 2. The van der Waals surface area contributed by atoms with Crippen LogP contribution >= 0.6 is 0 Å². The van der Waals surface area contributed by atoms with Crippen molar-refractivity contribution in [1.29, 1.82) is 0 Å². The summed E-state index contributed by atoms with van der Waals surface area (Å²) in [6.07, 6.45) is 0. The smallest absolute Gasteiger partial charge is 0.340 e. The molecule has 108 valence electrons. The molecule has 1 rings (SSSR count). The number of benzene rings is 1. The lowest BCUT2D eigenvalue weighted by atomic mass is 10.1. The molecule has 0 bridgehead atoms. The molecular formula is C11H14FN5O3. The quantitative estimate of drug-likeness (QED) is 0.400. The molecule has 20 heavy (non-hydrogen) atoms. The monoisotopic (exact) mass is 283 g/mol. The van der Waals surface area contributed by atoms with Gasteiger partial charge in [-0.25, -0.2) is 14.2 Å². The standard InChI is InChI=1S/C11H14FN5O3/c1-19-7-4-5(12)3-6(9(18)20-2)8(7)16-11(15)17-10(13)14/h3-4H,1-2H3,(H6,13,14,15,16,17). The van der Waals surface area contributed by atoms with Crippen molar-refractivity contribution in [2.75, 3.05) is 14.2 Å². The second kappa shape index (κ2) is 6.36. The van der Waals surface area contributed by atoms with Crippen molar-refractivity contribution in [3.63, 3.8) is 0 Å². The molecule has 0 aliphatic carbocycles. The Bertz CT molecular complexity index is 582. The van der Waals surface area contributed by atoms with Gasteiger partial charge in [-0.2, -0.15) is 4.99 Å².